The second-order valence-electron chi connectivity index (χ2n) is 3.38. The van der Waals surface area contributed by atoms with Crippen LogP contribution in [0.5, 0.6) is 5.75 Å². The maximum atomic E-state index is 11.3. The van der Waals surface area contributed by atoms with Crippen molar-refractivity contribution in [1.29, 1.82) is 0 Å². The van der Waals surface area contributed by atoms with Crippen LogP contribution in [0.15, 0.2) is 18.2 Å². The summed E-state index contributed by atoms with van der Waals surface area (Å²) in [6, 6.07) is 4.78. The zero-order valence-corrected chi connectivity index (χ0v) is 9.00. The maximum absolute atomic E-state index is 11.3. The van der Waals surface area contributed by atoms with Crippen LogP contribution >= 0.6 is 0 Å². The van der Waals surface area contributed by atoms with Crippen LogP contribution in [0.2, 0.25) is 0 Å². The highest BCUT2D eigenvalue weighted by atomic mass is 16.3. The van der Waals surface area contributed by atoms with E-state index in [1.165, 1.54) is 6.07 Å². The Labute approximate surface area is 89.3 Å². The molecule has 0 heterocycles. The largest absolute Gasteiger partial charge is 0.508 e. The zero-order chi connectivity index (χ0) is 11.3. The lowest BCUT2D eigenvalue weighted by molar-refractivity contribution is 0.252. The molecule has 0 aliphatic carbocycles. The Hall–Kier alpha value is -1.71. The van der Waals surface area contributed by atoms with E-state index >= 15 is 0 Å². The summed E-state index contributed by atoms with van der Waals surface area (Å²) in [5, 5.41) is 14.7. The molecule has 0 bridgehead atoms. The second-order valence-corrected chi connectivity index (χ2v) is 3.38. The number of hydrogen-bond donors (Lipinski definition) is 3. The maximum Gasteiger partial charge on any atom is 0.319 e. The number of anilines is 1. The molecule has 0 unspecified atom stereocenters. The summed E-state index contributed by atoms with van der Waals surface area (Å²) in [7, 11) is 0. The van der Waals surface area contributed by atoms with Crippen molar-refractivity contribution in [3.05, 3.63) is 23.8 Å². The highest BCUT2D eigenvalue weighted by Gasteiger charge is 2.02. The first-order valence-corrected chi connectivity index (χ1v) is 4.98. The fourth-order valence-electron chi connectivity index (χ4n) is 1.10. The number of carbonyl (C=O) groups is 1. The lowest BCUT2D eigenvalue weighted by atomic mass is 10.2. The molecule has 0 aromatic heterocycles. The number of urea groups is 1. The molecule has 0 aliphatic heterocycles. The van der Waals surface area contributed by atoms with E-state index in [1.807, 2.05) is 6.92 Å². The Bertz CT molecular complexity index is 350. The van der Waals surface area contributed by atoms with Gasteiger partial charge in [-0.2, -0.15) is 0 Å². The van der Waals surface area contributed by atoms with Gasteiger partial charge >= 0.3 is 6.03 Å². The fraction of sp³-hybridized carbons (Fsp3) is 0.364. The van der Waals surface area contributed by atoms with E-state index in [0.717, 1.165) is 12.0 Å². The SMILES string of the molecule is CCCNC(=O)Nc1ccc(C)c(O)c1. The quantitative estimate of drug-likeness (QED) is 0.713. The van der Waals surface area contributed by atoms with E-state index < -0.39 is 0 Å². The molecule has 0 saturated heterocycles. The predicted octanol–water partition coefficient (Wildman–Crippen LogP) is 2.23. The molecular weight excluding hydrogens is 192 g/mol. The Kier molecular flexibility index (Phi) is 3.97. The smallest absolute Gasteiger partial charge is 0.319 e. The van der Waals surface area contributed by atoms with Crippen molar-refractivity contribution in [2.45, 2.75) is 20.3 Å². The van der Waals surface area contributed by atoms with Crippen LogP contribution in [0.25, 0.3) is 0 Å². The van der Waals surface area contributed by atoms with Crippen LogP contribution in [0, 0.1) is 6.92 Å². The molecule has 0 atom stereocenters. The van der Waals surface area contributed by atoms with E-state index in [4.69, 9.17) is 0 Å². The zero-order valence-electron chi connectivity index (χ0n) is 9.00. The number of phenolic OH excluding ortho intramolecular Hbond substituents is 1. The monoisotopic (exact) mass is 208 g/mol. The van der Waals surface area contributed by atoms with Crippen LogP contribution < -0.4 is 10.6 Å². The number of phenols is 1. The summed E-state index contributed by atoms with van der Waals surface area (Å²) in [5.74, 6) is 0.184. The van der Waals surface area contributed by atoms with Crippen molar-refractivity contribution in [2.75, 3.05) is 11.9 Å². The van der Waals surface area contributed by atoms with Gasteiger partial charge in [0.2, 0.25) is 0 Å². The van der Waals surface area contributed by atoms with E-state index in [9.17, 15) is 9.90 Å². The molecule has 1 aromatic carbocycles. The molecule has 1 rings (SSSR count). The lowest BCUT2D eigenvalue weighted by Gasteiger charge is -2.07. The van der Waals surface area contributed by atoms with Crippen molar-refractivity contribution in [2.24, 2.45) is 0 Å². The first-order valence-electron chi connectivity index (χ1n) is 4.98. The minimum absolute atomic E-state index is 0.184. The van der Waals surface area contributed by atoms with Gasteiger partial charge in [0, 0.05) is 18.3 Å². The third-order valence-electron chi connectivity index (χ3n) is 2.00. The number of nitrogens with one attached hydrogen (secondary N) is 2. The molecular formula is C11H16N2O2. The number of carbonyl (C=O) groups excluding carboxylic acids is 1. The Balaban J connectivity index is 2.57. The van der Waals surface area contributed by atoms with Crippen molar-refractivity contribution in [1.82, 2.24) is 5.32 Å². The van der Waals surface area contributed by atoms with Gasteiger partial charge < -0.3 is 15.7 Å². The van der Waals surface area contributed by atoms with Crippen LogP contribution in [0.4, 0.5) is 10.5 Å². The molecule has 15 heavy (non-hydrogen) atoms. The van der Waals surface area contributed by atoms with Gasteiger partial charge in [-0.3, -0.25) is 0 Å². The number of rotatable bonds is 3. The van der Waals surface area contributed by atoms with Gasteiger partial charge in [-0.1, -0.05) is 13.0 Å². The number of aromatic hydroxyl groups is 1. The molecule has 4 nitrogen and oxygen atoms in total. The van der Waals surface area contributed by atoms with Crippen molar-refractivity contribution >= 4 is 11.7 Å². The van der Waals surface area contributed by atoms with Gasteiger partial charge in [0.25, 0.3) is 0 Å². The molecule has 0 fully saturated rings. The third kappa shape index (κ3) is 3.50. The lowest BCUT2D eigenvalue weighted by Crippen LogP contribution is -2.29. The molecule has 0 radical (unpaired) electrons. The molecule has 3 N–H and O–H groups in total. The number of hydrogen-bond acceptors (Lipinski definition) is 2. The van der Waals surface area contributed by atoms with Crippen LogP contribution in [-0.4, -0.2) is 17.7 Å². The Morgan fingerprint density at radius 2 is 2.20 bits per heavy atom. The van der Waals surface area contributed by atoms with E-state index in [-0.39, 0.29) is 11.8 Å². The standard InChI is InChI=1S/C11H16N2O2/c1-3-6-12-11(15)13-9-5-4-8(2)10(14)7-9/h4-5,7,14H,3,6H2,1-2H3,(H2,12,13,15). The first-order chi connectivity index (χ1) is 7.13. The topological polar surface area (TPSA) is 61.4 Å². The second kappa shape index (κ2) is 5.24. The van der Waals surface area contributed by atoms with Crippen molar-refractivity contribution < 1.29 is 9.90 Å². The fourth-order valence-corrected chi connectivity index (χ4v) is 1.10. The van der Waals surface area contributed by atoms with E-state index in [0.29, 0.717) is 12.2 Å². The van der Waals surface area contributed by atoms with E-state index in [1.54, 1.807) is 19.1 Å². The predicted molar refractivity (Wildman–Crippen MR) is 60.2 cm³/mol. The summed E-state index contributed by atoms with van der Waals surface area (Å²) in [5.41, 5.74) is 1.38. The van der Waals surface area contributed by atoms with Crippen LogP contribution in [0.1, 0.15) is 18.9 Å². The minimum Gasteiger partial charge on any atom is -0.508 e. The average molecular weight is 208 g/mol. The molecule has 0 spiro atoms. The summed E-state index contributed by atoms with van der Waals surface area (Å²) < 4.78 is 0. The molecule has 0 saturated carbocycles. The molecule has 4 heteroatoms. The van der Waals surface area contributed by atoms with Crippen molar-refractivity contribution in [3.63, 3.8) is 0 Å². The van der Waals surface area contributed by atoms with E-state index in [2.05, 4.69) is 10.6 Å². The average Bonchev–Trinajstić information content (AvgIpc) is 2.20. The molecule has 0 aliphatic rings. The van der Waals surface area contributed by atoms with Crippen LogP contribution in [-0.2, 0) is 0 Å². The highest BCUT2D eigenvalue weighted by Crippen LogP contribution is 2.20. The van der Waals surface area contributed by atoms with Gasteiger partial charge in [0.05, 0.1) is 0 Å². The van der Waals surface area contributed by atoms with Gasteiger partial charge in [0.1, 0.15) is 5.75 Å². The minimum atomic E-state index is -0.250. The summed E-state index contributed by atoms with van der Waals surface area (Å²) in [6.45, 7) is 4.43. The molecule has 1 aromatic rings. The Morgan fingerprint density at radius 1 is 1.47 bits per heavy atom. The van der Waals surface area contributed by atoms with Gasteiger partial charge in [-0.25, -0.2) is 4.79 Å². The van der Waals surface area contributed by atoms with Gasteiger partial charge in [0.15, 0.2) is 0 Å². The number of amides is 2. The summed E-state index contributed by atoms with van der Waals surface area (Å²) in [6.07, 6.45) is 0.895. The third-order valence-corrected chi connectivity index (χ3v) is 2.00. The van der Waals surface area contributed by atoms with Crippen molar-refractivity contribution in [3.8, 4) is 5.75 Å². The van der Waals surface area contributed by atoms with Crippen LogP contribution in [0.3, 0.4) is 0 Å². The molecule has 82 valence electrons. The number of benzene rings is 1. The summed E-state index contributed by atoms with van der Waals surface area (Å²) in [4.78, 5) is 11.3. The highest BCUT2D eigenvalue weighted by molar-refractivity contribution is 5.89. The number of aryl methyl sites for hydroxylation is 1. The first kappa shape index (κ1) is 11.4. The molecule has 2 amide bonds. The summed E-state index contributed by atoms with van der Waals surface area (Å²) >= 11 is 0. The Morgan fingerprint density at radius 3 is 2.80 bits per heavy atom. The van der Waals surface area contributed by atoms with Gasteiger partial charge in [-0.15, -0.1) is 0 Å². The van der Waals surface area contributed by atoms with Gasteiger partial charge in [-0.05, 0) is 25.0 Å². The normalized spacial score (nSPS) is 9.73.